The largest absolute Gasteiger partial charge is 0.477 e. The van der Waals surface area contributed by atoms with E-state index in [-0.39, 0.29) is 17.2 Å². The summed E-state index contributed by atoms with van der Waals surface area (Å²) in [5, 5.41) is 12.9. The Hall–Kier alpha value is -1.85. The highest BCUT2D eigenvalue weighted by Crippen LogP contribution is 2.12. The molecule has 1 rings (SSSR count). The van der Waals surface area contributed by atoms with E-state index in [4.69, 9.17) is 5.11 Å². The van der Waals surface area contributed by atoms with Crippen molar-refractivity contribution in [3.63, 3.8) is 0 Å². The van der Waals surface area contributed by atoms with Crippen LogP contribution in [0.15, 0.2) is 6.20 Å². The lowest BCUT2D eigenvalue weighted by Crippen LogP contribution is -2.33. The number of nitrogens with zero attached hydrogens (tertiary/aromatic N) is 3. The minimum Gasteiger partial charge on any atom is -0.477 e. The Morgan fingerprint density at radius 1 is 1.33 bits per heavy atom. The van der Waals surface area contributed by atoms with Gasteiger partial charge in [-0.3, -0.25) is 9.48 Å². The van der Waals surface area contributed by atoms with E-state index in [0.717, 1.165) is 12.8 Å². The van der Waals surface area contributed by atoms with E-state index < -0.39 is 5.97 Å². The second kappa shape index (κ2) is 6.18. The lowest BCUT2D eigenvalue weighted by atomic mass is 10.2. The van der Waals surface area contributed by atoms with Crippen LogP contribution < -0.4 is 0 Å². The maximum atomic E-state index is 12.3. The Bertz CT molecular complexity index is 434. The van der Waals surface area contributed by atoms with Crippen LogP contribution in [-0.2, 0) is 7.05 Å². The van der Waals surface area contributed by atoms with Gasteiger partial charge in [0.05, 0.1) is 11.8 Å². The van der Waals surface area contributed by atoms with Crippen molar-refractivity contribution < 1.29 is 14.7 Å². The number of carboxylic acids is 1. The fourth-order valence-corrected chi connectivity index (χ4v) is 1.87. The Kier molecular flexibility index (Phi) is 4.88. The van der Waals surface area contributed by atoms with Crippen LogP contribution in [0.5, 0.6) is 0 Å². The van der Waals surface area contributed by atoms with Gasteiger partial charge in [-0.2, -0.15) is 5.10 Å². The second-order valence-corrected chi connectivity index (χ2v) is 4.13. The molecular formula is C12H19N3O3. The average molecular weight is 253 g/mol. The third-order valence-electron chi connectivity index (χ3n) is 2.65. The predicted octanol–water partition coefficient (Wildman–Crippen LogP) is 1.38. The highest BCUT2D eigenvalue weighted by molar-refractivity contribution is 6.03. The standard InChI is InChI=1S/C12H19N3O3/c1-4-6-15(7-5-2)11(16)9-8-13-14(3)10(9)12(17)18/h8H,4-7H2,1-3H3,(H,17,18). The van der Waals surface area contributed by atoms with Crippen molar-refractivity contribution in [2.75, 3.05) is 13.1 Å². The molecule has 0 radical (unpaired) electrons. The summed E-state index contributed by atoms with van der Waals surface area (Å²) < 4.78 is 1.21. The molecule has 0 aromatic carbocycles. The molecule has 0 spiro atoms. The SMILES string of the molecule is CCCN(CCC)C(=O)c1cnn(C)c1C(=O)O. The van der Waals surface area contributed by atoms with E-state index in [0.29, 0.717) is 13.1 Å². The number of hydrogen-bond acceptors (Lipinski definition) is 3. The molecule has 0 aliphatic heterocycles. The van der Waals surface area contributed by atoms with Crippen LogP contribution in [0.2, 0.25) is 0 Å². The molecule has 0 aliphatic rings. The van der Waals surface area contributed by atoms with E-state index in [1.807, 2.05) is 13.8 Å². The van der Waals surface area contributed by atoms with Gasteiger partial charge in [0.15, 0.2) is 5.69 Å². The number of amides is 1. The van der Waals surface area contributed by atoms with Gasteiger partial charge in [-0.25, -0.2) is 4.79 Å². The molecule has 1 amide bonds. The molecule has 100 valence electrons. The fourth-order valence-electron chi connectivity index (χ4n) is 1.87. The molecular weight excluding hydrogens is 234 g/mol. The van der Waals surface area contributed by atoms with Gasteiger partial charge in [0.2, 0.25) is 0 Å². The van der Waals surface area contributed by atoms with Crippen molar-refractivity contribution >= 4 is 11.9 Å². The van der Waals surface area contributed by atoms with Gasteiger partial charge in [0.1, 0.15) is 0 Å². The normalized spacial score (nSPS) is 10.4. The fraction of sp³-hybridized carbons (Fsp3) is 0.583. The Morgan fingerprint density at radius 2 is 1.89 bits per heavy atom. The smallest absolute Gasteiger partial charge is 0.354 e. The number of rotatable bonds is 6. The van der Waals surface area contributed by atoms with Gasteiger partial charge in [-0.15, -0.1) is 0 Å². The van der Waals surface area contributed by atoms with Crippen LogP contribution in [0.1, 0.15) is 47.5 Å². The van der Waals surface area contributed by atoms with Gasteiger partial charge in [-0.05, 0) is 12.8 Å². The van der Waals surface area contributed by atoms with E-state index in [2.05, 4.69) is 5.10 Å². The predicted molar refractivity (Wildman–Crippen MR) is 66.7 cm³/mol. The minimum atomic E-state index is -1.13. The minimum absolute atomic E-state index is 0.0581. The van der Waals surface area contributed by atoms with Gasteiger partial charge in [0, 0.05) is 20.1 Å². The molecule has 0 atom stereocenters. The van der Waals surface area contributed by atoms with Crippen LogP contribution in [-0.4, -0.2) is 44.8 Å². The number of carbonyl (C=O) groups is 2. The van der Waals surface area contributed by atoms with E-state index >= 15 is 0 Å². The summed E-state index contributed by atoms with van der Waals surface area (Å²) in [6, 6.07) is 0. The van der Waals surface area contributed by atoms with Crippen LogP contribution in [0.4, 0.5) is 0 Å². The van der Waals surface area contributed by atoms with Crippen molar-refractivity contribution in [2.24, 2.45) is 7.05 Å². The number of carboxylic acid groups (broad SMARTS) is 1. The highest BCUT2D eigenvalue weighted by Gasteiger charge is 2.24. The zero-order valence-electron chi connectivity index (χ0n) is 11.0. The number of aryl methyl sites for hydroxylation is 1. The summed E-state index contributed by atoms with van der Waals surface area (Å²) in [4.78, 5) is 25.1. The first-order valence-electron chi connectivity index (χ1n) is 6.07. The number of carbonyl (C=O) groups excluding carboxylic acids is 1. The summed E-state index contributed by atoms with van der Waals surface area (Å²) in [5.41, 5.74) is 0.101. The molecule has 0 saturated carbocycles. The molecule has 0 aliphatic carbocycles. The Morgan fingerprint density at radius 3 is 2.33 bits per heavy atom. The zero-order valence-corrected chi connectivity index (χ0v) is 11.0. The van der Waals surface area contributed by atoms with Crippen molar-refractivity contribution in [1.82, 2.24) is 14.7 Å². The lowest BCUT2D eigenvalue weighted by molar-refractivity contribution is 0.0665. The molecule has 18 heavy (non-hydrogen) atoms. The molecule has 1 N–H and O–H groups in total. The first-order valence-corrected chi connectivity index (χ1v) is 6.07. The zero-order chi connectivity index (χ0) is 13.7. The molecule has 6 nitrogen and oxygen atoms in total. The van der Waals surface area contributed by atoms with Crippen LogP contribution in [0.25, 0.3) is 0 Å². The maximum Gasteiger partial charge on any atom is 0.354 e. The Balaban J connectivity index is 3.04. The van der Waals surface area contributed by atoms with Gasteiger partial charge >= 0.3 is 5.97 Å². The Labute approximate surface area is 106 Å². The van der Waals surface area contributed by atoms with Gasteiger partial charge in [0.25, 0.3) is 5.91 Å². The molecule has 0 bridgehead atoms. The summed E-state index contributed by atoms with van der Waals surface area (Å²) in [5.74, 6) is -1.39. The van der Waals surface area contributed by atoms with Crippen molar-refractivity contribution in [3.8, 4) is 0 Å². The van der Waals surface area contributed by atoms with Gasteiger partial charge < -0.3 is 10.0 Å². The summed E-state index contributed by atoms with van der Waals surface area (Å²) in [6.45, 7) is 5.22. The molecule has 6 heteroatoms. The number of aromatic carboxylic acids is 1. The molecule has 1 aromatic rings. The van der Waals surface area contributed by atoms with Crippen molar-refractivity contribution in [2.45, 2.75) is 26.7 Å². The second-order valence-electron chi connectivity index (χ2n) is 4.13. The van der Waals surface area contributed by atoms with E-state index in [9.17, 15) is 9.59 Å². The van der Waals surface area contributed by atoms with Crippen LogP contribution in [0, 0.1) is 0 Å². The summed E-state index contributed by atoms with van der Waals surface area (Å²) in [6.07, 6.45) is 3.01. The third kappa shape index (κ3) is 2.88. The number of hydrogen-bond donors (Lipinski definition) is 1. The monoisotopic (exact) mass is 253 g/mol. The van der Waals surface area contributed by atoms with E-state index in [1.54, 1.807) is 4.90 Å². The quantitative estimate of drug-likeness (QED) is 0.831. The lowest BCUT2D eigenvalue weighted by Gasteiger charge is -2.21. The van der Waals surface area contributed by atoms with E-state index in [1.165, 1.54) is 17.9 Å². The first kappa shape index (κ1) is 14.2. The molecule has 0 saturated heterocycles. The third-order valence-corrected chi connectivity index (χ3v) is 2.65. The van der Waals surface area contributed by atoms with Crippen LogP contribution in [0.3, 0.4) is 0 Å². The molecule has 1 heterocycles. The summed E-state index contributed by atoms with van der Waals surface area (Å²) in [7, 11) is 1.52. The van der Waals surface area contributed by atoms with Crippen molar-refractivity contribution in [1.29, 1.82) is 0 Å². The topological polar surface area (TPSA) is 75.4 Å². The van der Waals surface area contributed by atoms with Crippen LogP contribution >= 0.6 is 0 Å². The van der Waals surface area contributed by atoms with Gasteiger partial charge in [-0.1, -0.05) is 13.8 Å². The number of aromatic nitrogens is 2. The first-order chi connectivity index (χ1) is 8.52. The average Bonchev–Trinajstić information content (AvgIpc) is 2.70. The molecule has 0 unspecified atom stereocenters. The summed E-state index contributed by atoms with van der Waals surface area (Å²) >= 11 is 0. The molecule has 0 fully saturated rings. The maximum absolute atomic E-state index is 12.3. The highest BCUT2D eigenvalue weighted by atomic mass is 16.4. The molecule has 1 aromatic heterocycles. The van der Waals surface area contributed by atoms with Crippen molar-refractivity contribution in [3.05, 3.63) is 17.5 Å².